The van der Waals surface area contributed by atoms with Gasteiger partial charge in [-0.25, -0.2) is 0 Å². The van der Waals surface area contributed by atoms with Crippen LogP contribution in [0.3, 0.4) is 0 Å². The van der Waals surface area contributed by atoms with Crippen LogP contribution < -0.4 is 10.6 Å². The van der Waals surface area contributed by atoms with Crippen molar-refractivity contribution in [3.63, 3.8) is 0 Å². The fourth-order valence-electron chi connectivity index (χ4n) is 2.58. The summed E-state index contributed by atoms with van der Waals surface area (Å²) in [5, 5.41) is 6.18. The van der Waals surface area contributed by atoms with E-state index in [2.05, 4.69) is 10.6 Å². The topological polar surface area (TPSA) is 71.3 Å². The normalized spacial score (nSPS) is 10.4. The maximum absolute atomic E-state index is 12.1. The zero-order valence-corrected chi connectivity index (χ0v) is 15.5. The summed E-state index contributed by atoms with van der Waals surface area (Å²) >= 11 is 5.89. The lowest BCUT2D eigenvalue weighted by atomic mass is 10.2. The predicted molar refractivity (Wildman–Crippen MR) is 107 cm³/mol. The number of hydrogen-bond donors (Lipinski definition) is 2. The lowest BCUT2D eigenvalue weighted by Gasteiger charge is -2.06. The van der Waals surface area contributed by atoms with E-state index < -0.39 is 0 Å². The van der Waals surface area contributed by atoms with Crippen molar-refractivity contribution in [2.24, 2.45) is 0 Å². The molecule has 0 bridgehead atoms. The lowest BCUT2D eigenvalue weighted by Crippen LogP contribution is -2.12. The molecule has 1 heterocycles. The maximum Gasteiger partial charge on any atom is 0.224 e. The van der Waals surface area contributed by atoms with Gasteiger partial charge in [0.15, 0.2) is 0 Å². The second-order valence-electron chi connectivity index (χ2n) is 6.08. The van der Waals surface area contributed by atoms with E-state index in [1.165, 1.54) is 6.92 Å². The average molecular weight is 383 g/mol. The summed E-state index contributed by atoms with van der Waals surface area (Å²) in [5.74, 6) is 1.25. The molecule has 0 aliphatic carbocycles. The van der Waals surface area contributed by atoms with Gasteiger partial charge in [-0.05, 0) is 60.7 Å². The van der Waals surface area contributed by atoms with Crippen LogP contribution in [0.5, 0.6) is 0 Å². The molecule has 6 heteroatoms. The number of amides is 2. The van der Waals surface area contributed by atoms with E-state index in [4.69, 9.17) is 16.0 Å². The Hall–Kier alpha value is -3.05. The molecule has 0 unspecified atom stereocenters. The van der Waals surface area contributed by atoms with E-state index in [9.17, 15) is 9.59 Å². The minimum atomic E-state index is -0.136. The van der Waals surface area contributed by atoms with Crippen molar-refractivity contribution in [2.75, 3.05) is 10.6 Å². The molecule has 0 aliphatic heterocycles. The summed E-state index contributed by atoms with van der Waals surface area (Å²) in [7, 11) is 0. The molecule has 0 aliphatic rings. The molecule has 0 fully saturated rings. The number of carbonyl (C=O) groups is 2. The minimum Gasteiger partial charge on any atom is -0.461 e. The number of halogens is 1. The third kappa shape index (κ3) is 5.46. The predicted octanol–water partition coefficient (Wildman–Crippen LogP) is 5.13. The highest BCUT2D eigenvalue weighted by molar-refractivity contribution is 6.30. The Kier molecular flexibility index (Phi) is 5.94. The van der Waals surface area contributed by atoms with E-state index in [1.807, 2.05) is 36.4 Å². The second kappa shape index (κ2) is 8.56. The number of nitrogens with one attached hydrogen (secondary N) is 2. The fraction of sp³-hybridized carbons (Fsp3) is 0.143. The van der Waals surface area contributed by atoms with E-state index in [0.717, 1.165) is 17.1 Å². The van der Waals surface area contributed by atoms with Crippen LogP contribution in [-0.2, 0) is 16.0 Å². The molecule has 0 atom stereocenters. The number of hydrogen-bond acceptors (Lipinski definition) is 3. The van der Waals surface area contributed by atoms with Gasteiger partial charge in [-0.3, -0.25) is 9.59 Å². The molecular weight excluding hydrogens is 364 g/mol. The minimum absolute atomic E-state index is 0.105. The largest absolute Gasteiger partial charge is 0.461 e. The Morgan fingerprint density at radius 1 is 0.889 bits per heavy atom. The van der Waals surface area contributed by atoms with Gasteiger partial charge in [0.1, 0.15) is 11.5 Å². The Morgan fingerprint density at radius 3 is 2.15 bits per heavy atom. The fourth-order valence-corrected chi connectivity index (χ4v) is 2.71. The second-order valence-corrected chi connectivity index (χ2v) is 6.52. The van der Waals surface area contributed by atoms with Gasteiger partial charge in [-0.2, -0.15) is 0 Å². The smallest absolute Gasteiger partial charge is 0.224 e. The molecule has 138 valence electrons. The summed E-state index contributed by atoms with van der Waals surface area (Å²) < 4.78 is 5.80. The number of benzene rings is 2. The summed E-state index contributed by atoms with van der Waals surface area (Å²) in [6.45, 7) is 1.45. The van der Waals surface area contributed by atoms with Crippen LogP contribution in [0.2, 0.25) is 5.02 Å². The van der Waals surface area contributed by atoms with Gasteiger partial charge in [-0.15, -0.1) is 0 Å². The van der Waals surface area contributed by atoms with Crippen LogP contribution in [-0.4, -0.2) is 11.8 Å². The summed E-state index contributed by atoms with van der Waals surface area (Å²) in [4.78, 5) is 23.1. The Bertz CT molecular complexity index is 931. The lowest BCUT2D eigenvalue weighted by molar-refractivity contribution is -0.116. The zero-order valence-electron chi connectivity index (χ0n) is 14.8. The van der Waals surface area contributed by atoms with Gasteiger partial charge in [0.05, 0.1) is 0 Å². The van der Waals surface area contributed by atoms with Crippen molar-refractivity contribution in [3.05, 3.63) is 71.4 Å². The molecule has 2 aromatic carbocycles. The number of anilines is 2. The first-order chi connectivity index (χ1) is 13.0. The van der Waals surface area contributed by atoms with Gasteiger partial charge in [-0.1, -0.05) is 11.6 Å². The first-order valence-electron chi connectivity index (χ1n) is 8.52. The SMILES string of the molecule is CC(=O)Nc1ccc(NC(=O)CCc2ccc(-c3ccc(Cl)cc3)o2)cc1. The van der Waals surface area contributed by atoms with Gasteiger partial charge in [0, 0.05) is 41.7 Å². The number of furan rings is 1. The van der Waals surface area contributed by atoms with Gasteiger partial charge in [0.2, 0.25) is 11.8 Å². The molecule has 0 spiro atoms. The molecule has 3 aromatic rings. The molecule has 5 nitrogen and oxygen atoms in total. The third-order valence-electron chi connectivity index (χ3n) is 3.88. The van der Waals surface area contributed by atoms with E-state index in [0.29, 0.717) is 29.2 Å². The Labute approximate surface area is 162 Å². The third-order valence-corrected chi connectivity index (χ3v) is 4.13. The van der Waals surface area contributed by atoms with Crippen LogP contribution in [0.15, 0.2) is 65.1 Å². The van der Waals surface area contributed by atoms with E-state index in [1.54, 1.807) is 24.3 Å². The summed E-state index contributed by atoms with van der Waals surface area (Å²) in [6, 6.07) is 18.1. The molecular formula is C21H19ClN2O3. The highest BCUT2D eigenvalue weighted by atomic mass is 35.5. The van der Waals surface area contributed by atoms with Crippen LogP contribution in [0.1, 0.15) is 19.1 Å². The van der Waals surface area contributed by atoms with Gasteiger partial charge in [0.25, 0.3) is 0 Å². The van der Waals surface area contributed by atoms with E-state index >= 15 is 0 Å². The molecule has 2 amide bonds. The van der Waals surface area contributed by atoms with Crippen LogP contribution in [0.4, 0.5) is 11.4 Å². The van der Waals surface area contributed by atoms with Crippen molar-refractivity contribution in [1.29, 1.82) is 0 Å². The Balaban J connectivity index is 1.52. The highest BCUT2D eigenvalue weighted by Gasteiger charge is 2.08. The summed E-state index contributed by atoms with van der Waals surface area (Å²) in [5.41, 5.74) is 2.30. The van der Waals surface area contributed by atoms with Crippen molar-refractivity contribution in [3.8, 4) is 11.3 Å². The molecule has 3 rings (SSSR count). The molecule has 0 saturated carbocycles. The van der Waals surface area contributed by atoms with Crippen molar-refractivity contribution >= 4 is 34.8 Å². The number of rotatable bonds is 6. The molecule has 27 heavy (non-hydrogen) atoms. The first-order valence-corrected chi connectivity index (χ1v) is 8.89. The van der Waals surface area contributed by atoms with Gasteiger partial charge < -0.3 is 15.1 Å². The van der Waals surface area contributed by atoms with Gasteiger partial charge >= 0.3 is 0 Å². The average Bonchev–Trinajstić information content (AvgIpc) is 3.11. The Morgan fingerprint density at radius 2 is 1.52 bits per heavy atom. The monoisotopic (exact) mass is 382 g/mol. The number of carbonyl (C=O) groups excluding carboxylic acids is 2. The summed E-state index contributed by atoms with van der Waals surface area (Å²) in [6.07, 6.45) is 0.810. The number of aryl methyl sites for hydroxylation is 1. The van der Waals surface area contributed by atoms with Crippen LogP contribution >= 0.6 is 11.6 Å². The van der Waals surface area contributed by atoms with Crippen molar-refractivity contribution in [1.82, 2.24) is 0 Å². The van der Waals surface area contributed by atoms with Crippen LogP contribution in [0, 0.1) is 0 Å². The highest BCUT2D eigenvalue weighted by Crippen LogP contribution is 2.24. The van der Waals surface area contributed by atoms with Crippen molar-refractivity contribution in [2.45, 2.75) is 19.8 Å². The van der Waals surface area contributed by atoms with Crippen molar-refractivity contribution < 1.29 is 14.0 Å². The standard InChI is InChI=1S/C21H19ClN2O3/c1-14(25)23-17-6-8-18(9-7-17)24-21(26)13-11-19-10-12-20(27-19)15-2-4-16(22)5-3-15/h2-10,12H,11,13H2,1H3,(H,23,25)(H,24,26). The van der Waals surface area contributed by atoms with E-state index in [-0.39, 0.29) is 11.8 Å². The molecule has 2 N–H and O–H groups in total. The first kappa shape index (κ1) is 18.7. The molecule has 0 radical (unpaired) electrons. The quantitative estimate of drug-likeness (QED) is 0.620. The zero-order chi connectivity index (χ0) is 19.2. The maximum atomic E-state index is 12.1. The molecule has 1 aromatic heterocycles. The molecule has 0 saturated heterocycles. The van der Waals surface area contributed by atoms with Crippen LogP contribution in [0.25, 0.3) is 11.3 Å².